The third kappa shape index (κ3) is 3.31. The number of carbonyl (C=O) groups excluding carboxylic acids is 2. The molecule has 1 aliphatic heterocycles. The van der Waals surface area contributed by atoms with Crippen LogP contribution in [0.4, 0.5) is 0 Å². The van der Waals surface area contributed by atoms with Gasteiger partial charge in [-0.3, -0.25) is 4.79 Å². The third-order valence-electron chi connectivity index (χ3n) is 4.78. The predicted molar refractivity (Wildman–Crippen MR) is 96.3 cm³/mol. The van der Waals surface area contributed by atoms with Gasteiger partial charge in [-0.1, -0.05) is 30.3 Å². The van der Waals surface area contributed by atoms with Gasteiger partial charge in [-0.05, 0) is 43.2 Å². The van der Waals surface area contributed by atoms with Gasteiger partial charge >= 0.3 is 5.97 Å². The van der Waals surface area contributed by atoms with E-state index in [1.54, 1.807) is 29.2 Å². The summed E-state index contributed by atoms with van der Waals surface area (Å²) in [5.41, 5.74) is 2.87. The Morgan fingerprint density at radius 3 is 2.62 bits per heavy atom. The van der Waals surface area contributed by atoms with Crippen molar-refractivity contribution in [3.63, 3.8) is 0 Å². The van der Waals surface area contributed by atoms with E-state index in [0.717, 1.165) is 11.1 Å². The van der Waals surface area contributed by atoms with Crippen molar-refractivity contribution in [2.45, 2.75) is 32.4 Å². The number of nitrogens with zero attached hydrogens (tertiary/aromatic N) is 2. The minimum Gasteiger partial charge on any atom is -0.448 e. The Hall–Kier alpha value is -3.13. The Balaban J connectivity index is 1.80. The molecule has 1 aliphatic rings. The van der Waals surface area contributed by atoms with Crippen LogP contribution in [0, 0.1) is 11.3 Å². The van der Waals surface area contributed by atoms with Crippen molar-refractivity contribution in [3.05, 3.63) is 70.8 Å². The quantitative estimate of drug-likeness (QED) is 0.795. The van der Waals surface area contributed by atoms with E-state index in [-0.39, 0.29) is 11.9 Å². The van der Waals surface area contributed by atoms with E-state index in [1.165, 1.54) is 0 Å². The Morgan fingerprint density at radius 1 is 1.27 bits per heavy atom. The van der Waals surface area contributed by atoms with E-state index in [2.05, 4.69) is 6.07 Å². The van der Waals surface area contributed by atoms with Crippen molar-refractivity contribution in [1.82, 2.24) is 4.90 Å². The minimum absolute atomic E-state index is 0.184. The highest BCUT2D eigenvalue weighted by molar-refractivity contribution is 5.95. The number of benzene rings is 2. The lowest BCUT2D eigenvalue weighted by molar-refractivity contribution is -0.143. The number of esters is 1. The highest BCUT2D eigenvalue weighted by atomic mass is 16.5. The molecule has 26 heavy (non-hydrogen) atoms. The fraction of sp³-hybridized carbons (Fsp3) is 0.286. The van der Waals surface area contributed by atoms with E-state index < -0.39 is 12.1 Å². The minimum atomic E-state index is -0.807. The van der Waals surface area contributed by atoms with Gasteiger partial charge in [0.05, 0.1) is 23.2 Å². The maximum absolute atomic E-state index is 13.0. The summed E-state index contributed by atoms with van der Waals surface area (Å²) in [6.07, 6.45) is -0.421. The molecule has 0 spiro atoms. The van der Waals surface area contributed by atoms with E-state index in [4.69, 9.17) is 10.00 Å². The number of rotatable bonds is 4. The van der Waals surface area contributed by atoms with Crippen molar-refractivity contribution in [2.24, 2.45) is 0 Å². The number of fused-ring (bicyclic) bond motifs is 1. The third-order valence-corrected chi connectivity index (χ3v) is 4.78. The van der Waals surface area contributed by atoms with E-state index in [9.17, 15) is 9.59 Å². The molecule has 0 saturated heterocycles. The zero-order valence-electron chi connectivity index (χ0n) is 14.8. The second-order valence-electron chi connectivity index (χ2n) is 6.29. The fourth-order valence-electron chi connectivity index (χ4n) is 3.29. The number of hydrogen-bond acceptors (Lipinski definition) is 4. The second kappa shape index (κ2) is 7.40. The Morgan fingerprint density at radius 2 is 1.96 bits per heavy atom. The number of nitriles is 1. The monoisotopic (exact) mass is 348 g/mol. The van der Waals surface area contributed by atoms with Crippen LogP contribution in [0.15, 0.2) is 48.5 Å². The van der Waals surface area contributed by atoms with Gasteiger partial charge in [-0.25, -0.2) is 4.79 Å². The maximum atomic E-state index is 13.0. The van der Waals surface area contributed by atoms with Crippen LogP contribution in [0.3, 0.4) is 0 Å². The normalized spacial score (nSPS) is 16.8. The smallest absolute Gasteiger partial charge is 0.339 e. The summed E-state index contributed by atoms with van der Waals surface area (Å²) in [7, 11) is 0. The van der Waals surface area contributed by atoms with Crippen molar-refractivity contribution < 1.29 is 14.3 Å². The highest BCUT2D eigenvalue weighted by Crippen LogP contribution is 2.26. The van der Waals surface area contributed by atoms with Crippen LogP contribution in [0.25, 0.3) is 0 Å². The molecule has 0 saturated carbocycles. The zero-order valence-corrected chi connectivity index (χ0v) is 14.8. The van der Waals surface area contributed by atoms with Gasteiger partial charge in [-0.15, -0.1) is 0 Å². The van der Waals surface area contributed by atoms with Crippen LogP contribution in [-0.4, -0.2) is 29.4 Å². The molecular formula is C21H20N2O3. The first kappa shape index (κ1) is 17.7. The van der Waals surface area contributed by atoms with Crippen molar-refractivity contribution in [3.8, 4) is 6.07 Å². The van der Waals surface area contributed by atoms with Crippen LogP contribution in [0.1, 0.15) is 46.9 Å². The first-order valence-electron chi connectivity index (χ1n) is 8.64. The summed E-state index contributed by atoms with van der Waals surface area (Å²) < 4.78 is 5.41. The zero-order chi connectivity index (χ0) is 18.7. The summed E-state index contributed by atoms with van der Waals surface area (Å²) in [6, 6.07) is 16.3. The number of cyclic esters (lactones) is 1. The standard InChI is InChI=1S/C21H20N2O3/c1-3-23(14(2)16-10-8-15(13-22)9-11-16)20(24)19-12-17-6-4-5-7-18(17)21(25)26-19/h4-11,14,19H,3,12H2,1-2H3. The first-order chi connectivity index (χ1) is 12.5. The van der Waals surface area contributed by atoms with E-state index in [1.807, 2.05) is 38.1 Å². The van der Waals surface area contributed by atoms with Gasteiger partial charge in [0.2, 0.25) is 0 Å². The van der Waals surface area contributed by atoms with Gasteiger partial charge in [0.15, 0.2) is 6.10 Å². The summed E-state index contributed by atoms with van der Waals surface area (Å²) in [6.45, 7) is 4.33. The molecule has 5 heteroatoms. The highest BCUT2D eigenvalue weighted by Gasteiger charge is 2.35. The van der Waals surface area contributed by atoms with Crippen LogP contribution in [0.2, 0.25) is 0 Å². The first-order valence-corrected chi connectivity index (χ1v) is 8.64. The molecule has 2 aromatic rings. The number of hydrogen-bond donors (Lipinski definition) is 0. The molecule has 2 aromatic carbocycles. The summed E-state index contributed by atoms with van der Waals surface area (Å²) in [4.78, 5) is 26.9. The van der Waals surface area contributed by atoms with Crippen molar-refractivity contribution in [2.75, 3.05) is 6.54 Å². The lowest BCUT2D eigenvalue weighted by Gasteiger charge is -2.33. The van der Waals surface area contributed by atoms with Crippen molar-refractivity contribution in [1.29, 1.82) is 5.26 Å². The molecule has 5 nitrogen and oxygen atoms in total. The number of ether oxygens (including phenoxy) is 1. The molecule has 2 unspecified atom stereocenters. The number of likely N-dealkylation sites (N-methyl/N-ethyl adjacent to an activating group) is 1. The van der Waals surface area contributed by atoms with E-state index in [0.29, 0.717) is 24.1 Å². The molecule has 0 radical (unpaired) electrons. The number of amides is 1. The van der Waals surface area contributed by atoms with Gasteiger partial charge < -0.3 is 9.64 Å². The molecule has 132 valence electrons. The average Bonchev–Trinajstić information content (AvgIpc) is 2.68. The summed E-state index contributed by atoms with van der Waals surface area (Å²) in [5, 5.41) is 8.92. The molecule has 0 fully saturated rings. The molecule has 1 heterocycles. The largest absolute Gasteiger partial charge is 0.448 e. The molecule has 0 N–H and O–H groups in total. The Labute approximate surface area is 152 Å². The summed E-state index contributed by atoms with van der Waals surface area (Å²) in [5.74, 6) is -0.653. The van der Waals surface area contributed by atoms with E-state index >= 15 is 0 Å². The Bertz CT molecular complexity index is 868. The van der Waals surface area contributed by atoms with Crippen LogP contribution >= 0.6 is 0 Å². The fourth-order valence-corrected chi connectivity index (χ4v) is 3.29. The number of carbonyl (C=O) groups is 2. The van der Waals surface area contributed by atoms with Gasteiger partial charge in [-0.2, -0.15) is 5.26 Å². The Kier molecular flexibility index (Phi) is 5.04. The predicted octanol–water partition coefficient (Wildman–Crippen LogP) is 3.25. The molecule has 2 atom stereocenters. The summed E-state index contributed by atoms with van der Waals surface area (Å²) >= 11 is 0. The lowest BCUT2D eigenvalue weighted by Crippen LogP contribution is -2.45. The molecule has 0 aromatic heterocycles. The topological polar surface area (TPSA) is 70.4 Å². The lowest BCUT2D eigenvalue weighted by atomic mass is 9.97. The molecule has 1 amide bonds. The average molecular weight is 348 g/mol. The second-order valence-corrected chi connectivity index (χ2v) is 6.29. The molecule has 3 rings (SSSR count). The molecule has 0 bridgehead atoms. The van der Waals surface area contributed by atoms with Crippen LogP contribution in [-0.2, 0) is 16.0 Å². The van der Waals surface area contributed by atoms with Crippen LogP contribution in [0.5, 0.6) is 0 Å². The maximum Gasteiger partial charge on any atom is 0.339 e. The van der Waals surface area contributed by atoms with Gasteiger partial charge in [0, 0.05) is 13.0 Å². The molecule has 0 aliphatic carbocycles. The van der Waals surface area contributed by atoms with Gasteiger partial charge in [0.25, 0.3) is 5.91 Å². The molecular weight excluding hydrogens is 328 g/mol. The SMILES string of the molecule is CCN(C(=O)C1Cc2ccccc2C(=O)O1)C(C)c1ccc(C#N)cc1. The van der Waals surface area contributed by atoms with Gasteiger partial charge in [0.1, 0.15) is 0 Å². The van der Waals surface area contributed by atoms with Crippen molar-refractivity contribution >= 4 is 11.9 Å². The van der Waals surface area contributed by atoms with Crippen LogP contribution < -0.4 is 0 Å².